The van der Waals surface area contributed by atoms with Crippen LogP contribution in [0.4, 0.5) is 0 Å². The summed E-state index contributed by atoms with van der Waals surface area (Å²) in [6, 6.07) is 6.98. The monoisotopic (exact) mass is 262 g/mol. The van der Waals surface area contributed by atoms with Gasteiger partial charge in [-0.3, -0.25) is 4.79 Å². The van der Waals surface area contributed by atoms with E-state index in [0.29, 0.717) is 23.5 Å². The molecule has 5 nitrogen and oxygen atoms in total. The molecule has 102 valence electrons. The number of ether oxygens (including phenoxy) is 2. The number of hydrogen-bond donors (Lipinski definition) is 1. The summed E-state index contributed by atoms with van der Waals surface area (Å²) in [6.07, 6.45) is 0.524. The maximum absolute atomic E-state index is 12.1. The van der Waals surface area contributed by atoms with E-state index in [1.165, 1.54) is 14.2 Å². The third-order valence-electron chi connectivity index (χ3n) is 2.96. The zero-order valence-corrected chi connectivity index (χ0v) is 11.6. The Hall–Kier alpha value is -2.22. The molecule has 0 saturated heterocycles. The van der Waals surface area contributed by atoms with Gasteiger partial charge in [-0.05, 0) is 25.5 Å². The van der Waals surface area contributed by atoms with Crippen molar-refractivity contribution in [2.75, 3.05) is 14.2 Å². The second-order valence-corrected chi connectivity index (χ2v) is 4.35. The predicted octanol–water partition coefficient (Wildman–Crippen LogP) is 2.13. The van der Waals surface area contributed by atoms with Gasteiger partial charge in [0.1, 0.15) is 17.0 Å². The number of methoxy groups -OCH3 is 2. The number of nitriles is 1. The van der Waals surface area contributed by atoms with Gasteiger partial charge in [0.25, 0.3) is 5.91 Å². The second kappa shape index (κ2) is 6.10. The van der Waals surface area contributed by atoms with Gasteiger partial charge in [0.15, 0.2) is 0 Å². The van der Waals surface area contributed by atoms with Crippen LogP contribution in [-0.4, -0.2) is 25.7 Å². The quantitative estimate of drug-likeness (QED) is 0.882. The summed E-state index contributed by atoms with van der Waals surface area (Å²) in [7, 11) is 3.03. The average Bonchev–Trinajstić information content (AvgIpc) is 2.46. The Labute approximate surface area is 113 Å². The highest BCUT2D eigenvalue weighted by molar-refractivity contribution is 5.95. The lowest BCUT2D eigenvalue weighted by molar-refractivity contribution is 0.0922. The third-order valence-corrected chi connectivity index (χ3v) is 2.96. The molecule has 0 saturated carbocycles. The fourth-order valence-electron chi connectivity index (χ4n) is 1.46. The smallest absolute Gasteiger partial charge is 0.252 e. The maximum atomic E-state index is 12.1. The van der Waals surface area contributed by atoms with E-state index in [1.54, 1.807) is 25.1 Å². The summed E-state index contributed by atoms with van der Waals surface area (Å²) < 4.78 is 10.2. The summed E-state index contributed by atoms with van der Waals surface area (Å²) in [5.41, 5.74) is -0.487. The summed E-state index contributed by atoms with van der Waals surface area (Å²) in [6.45, 7) is 3.53. The number of hydrogen-bond acceptors (Lipinski definition) is 4. The van der Waals surface area contributed by atoms with E-state index in [9.17, 15) is 4.79 Å². The molecule has 0 aromatic heterocycles. The summed E-state index contributed by atoms with van der Waals surface area (Å²) in [4.78, 5) is 12.1. The van der Waals surface area contributed by atoms with E-state index in [1.807, 2.05) is 6.92 Å². The van der Waals surface area contributed by atoms with E-state index in [2.05, 4.69) is 11.4 Å². The first-order valence-corrected chi connectivity index (χ1v) is 5.95. The summed E-state index contributed by atoms with van der Waals surface area (Å²) >= 11 is 0. The molecule has 0 aliphatic rings. The number of benzene rings is 1. The zero-order valence-electron chi connectivity index (χ0n) is 11.6. The highest BCUT2D eigenvalue weighted by atomic mass is 16.5. The minimum atomic E-state index is -0.882. The van der Waals surface area contributed by atoms with Crippen LogP contribution in [0.1, 0.15) is 30.6 Å². The molecule has 1 atom stereocenters. The zero-order chi connectivity index (χ0) is 14.5. The highest BCUT2D eigenvalue weighted by Crippen LogP contribution is 2.23. The van der Waals surface area contributed by atoms with Crippen molar-refractivity contribution in [2.45, 2.75) is 25.8 Å². The van der Waals surface area contributed by atoms with Gasteiger partial charge in [0, 0.05) is 11.6 Å². The molecule has 1 unspecified atom stereocenters. The van der Waals surface area contributed by atoms with E-state index < -0.39 is 5.54 Å². The van der Waals surface area contributed by atoms with Gasteiger partial charge in [0.2, 0.25) is 0 Å². The normalized spacial score (nSPS) is 13.0. The first-order valence-electron chi connectivity index (χ1n) is 5.95. The van der Waals surface area contributed by atoms with Crippen molar-refractivity contribution in [1.29, 1.82) is 5.26 Å². The fraction of sp³-hybridized carbons (Fsp3) is 0.429. The molecular weight excluding hydrogens is 244 g/mol. The Kier molecular flexibility index (Phi) is 4.76. The molecule has 0 spiro atoms. The maximum Gasteiger partial charge on any atom is 0.252 e. The van der Waals surface area contributed by atoms with Gasteiger partial charge >= 0.3 is 0 Å². The molecule has 1 amide bonds. The van der Waals surface area contributed by atoms with Crippen molar-refractivity contribution in [3.63, 3.8) is 0 Å². The Morgan fingerprint density at radius 1 is 1.32 bits per heavy atom. The van der Waals surface area contributed by atoms with Gasteiger partial charge in [-0.15, -0.1) is 0 Å². The molecule has 0 aliphatic carbocycles. The molecule has 1 aromatic carbocycles. The lowest BCUT2D eigenvalue weighted by Gasteiger charge is -2.21. The van der Waals surface area contributed by atoms with E-state index in [0.717, 1.165) is 0 Å². The first-order chi connectivity index (χ1) is 8.97. The van der Waals surface area contributed by atoms with Crippen molar-refractivity contribution in [2.24, 2.45) is 0 Å². The summed E-state index contributed by atoms with van der Waals surface area (Å²) in [5, 5.41) is 11.8. The molecule has 1 aromatic rings. The molecule has 1 rings (SSSR count). The van der Waals surface area contributed by atoms with Crippen molar-refractivity contribution >= 4 is 5.91 Å². The van der Waals surface area contributed by atoms with Crippen LogP contribution in [0.15, 0.2) is 18.2 Å². The Bertz CT molecular complexity index is 486. The third kappa shape index (κ3) is 3.62. The molecule has 0 bridgehead atoms. The second-order valence-electron chi connectivity index (χ2n) is 4.35. The van der Waals surface area contributed by atoms with Gasteiger partial charge in [-0.1, -0.05) is 6.92 Å². The topological polar surface area (TPSA) is 71.4 Å². The first kappa shape index (κ1) is 14.8. The van der Waals surface area contributed by atoms with Crippen LogP contribution < -0.4 is 14.8 Å². The number of amides is 1. The van der Waals surface area contributed by atoms with Gasteiger partial charge in [-0.25, -0.2) is 0 Å². The molecule has 19 heavy (non-hydrogen) atoms. The largest absolute Gasteiger partial charge is 0.497 e. The van der Waals surface area contributed by atoms with Crippen LogP contribution in [0.3, 0.4) is 0 Å². The van der Waals surface area contributed by atoms with Gasteiger partial charge in [0.05, 0.1) is 20.3 Å². The standard InChI is InChI=1S/C14H18N2O3/c1-5-14(2,9-15)16-13(17)10-6-11(18-3)8-12(7-10)19-4/h6-8H,5H2,1-4H3,(H,16,17). The Morgan fingerprint density at radius 3 is 2.21 bits per heavy atom. The predicted molar refractivity (Wildman–Crippen MR) is 71.3 cm³/mol. The van der Waals surface area contributed by atoms with Crippen molar-refractivity contribution in [1.82, 2.24) is 5.32 Å². The number of carbonyl (C=O) groups excluding carboxylic acids is 1. The molecule has 1 N–H and O–H groups in total. The van der Waals surface area contributed by atoms with Crippen molar-refractivity contribution < 1.29 is 14.3 Å². The van der Waals surface area contributed by atoms with Crippen molar-refractivity contribution in [3.05, 3.63) is 23.8 Å². The van der Waals surface area contributed by atoms with Gasteiger partial charge < -0.3 is 14.8 Å². The van der Waals surface area contributed by atoms with Crippen LogP contribution in [0.5, 0.6) is 11.5 Å². The molecule has 5 heteroatoms. The Balaban J connectivity index is 3.03. The molecule has 0 aliphatic heterocycles. The number of rotatable bonds is 5. The molecule has 0 fully saturated rings. The lowest BCUT2D eigenvalue weighted by atomic mass is 10.0. The van der Waals surface area contributed by atoms with Crippen LogP contribution in [0.2, 0.25) is 0 Å². The van der Waals surface area contributed by atoms with Crippen LogP contribution in [-0.2, 0) is 0 Å². The SMILES string of the molecule is CCC(C)(C#N)NC(=O)c1cc(OC)cc(OC)c1. The van der Waals surface area contributed by atoms with E-state index in [-0.39, 0.29) is 5.91 Å². The van der Waals surface area contributed by atoms with E-state index >= 15 is 0 Å². The molecule has 0 heterocycles. The average molecular weight is 262 g/mol. The number of carbonyl (C=O) groups is 1. The number of nitrogens with zero attached hydrogens (tertiary/aromatic N) is 1. The minimum absolute atomic E-state index is 0.330. The minimum Gasteiger partial charge on any atom is -0.497 e. The van der Waals surface area contributed by atoms with Crippen LogP contribution in [0.25, 0.3) is 0 Å². The Morgan fingerprint density at radius 2 is 1.84 bits per heavy atom. The number of nitrogens with one attached hydrogen (secondary N) is 1. The lowest BCUT2D eigenvalue weighted by Crippen LogP contribution is -2.44. The molecule has 0 radical (unpaired) electrons. The van der Waals surface area contributed by atoms with E-state index in [4.69, 9.17) is 14.7 Å². The molecular formula is C14H18N2O3. The van der Waals surface area contributed by atoms with Crippen LogP contribution >= 0.6 is 0 Å². The highest BCUT2D eigenvalue weighted by Gasteiger charge is 2.24. The van der Waals surface area contributed by atoms with Crippen molar-refractivity contribution in [3.8, 4) is 17.6 Å². The summed E-state index contributed by atoms with van der Waals surface area (Å²) in [5.74, 6) is 0.724. The van der Waals surface area contributed by atoms with Crippen LogP contribution in [0, 0.1) is 11.3 Å². The fourth-order valence-corrected chi connectivity index (χ4v) is 1.46. The van der Waals surface area contributed by atoms with Gasteiger partial charge in [-0.2, -0.15) is 5.26 Å².